The van der Waals surface area contributed by atoms with Crippen molar-refractivity contribution >= 4 is 15.9 Å². The molecule has 114 valence electrons. The van der Waals surface area contributed by atoms with Gasteiger partial charge in [-0.1, -0.05) is 35.8 Å². The van der Waals surface area contributed by atoms with Gasteiger partial charge < -0.3 is 9.73 Å². The zero-order valence-electron chi connectivity index (χ0n) is 12.5. The number of halogens is 2. The molecular formula is C17H21BrFNO. The smallest absolute Gasteiger partial charge is 0.124 e. The number of aryl methyl sites for hydroxylation is 1. The molecule has 0 fully saturated rings. The first-order valence-electron chi connectivity index (χ1n) is 7.40. The quantitative estimate of drug-likeness (QED) is 0.755. The van der Waals surface area contributed by atoms with Gasteiger partial charge in [0.05, 0.1) is 6.04 Å². The SMILES string of the molecule is CCCNC(Cc1ccc(F)cc1Br)c1ccc(CC)o1. The van der Waals surface area contributed by atoms with Crippen LogP contribution in [0.25, 0.3) is 0 Å². The monoisotopic (exact) mass is 353 g/mol. The number of hydrogen-bond acceptors (Lipinski definition) is 2. The summed E-state index contributed by atoms with van der Waals surface area (Å²) in [5.41, 5.74) is 1.07. The Hall–Kier alpha value is -1.13. The summed E-state index contributed by atoms with van der Waals surface area (Å²) >= 11 is 3.44. The Morgan fingerprint density at radius 1 is 1.24 bits per heavy atom. The van der Waals surface area contributed by atoms with Crippen LogP contribution in [0.5, 0.6) is 0 Å². The van der Waals surface area contributed by atoms with Crippen molar-refractivity contribution in [2.75, 3.05) is 6.54 Å². The summed E-state index contributed by atoms with van der Waals surface area (Å²) in [6.07, 6.45) is 2.71. The van der Waals surface area contributed by atoms with Crippen LogP contribution in [0.1, 0.15) is 43.4 Å². The highest BCUT2D eigenvalue weighted by Gasteiger charge is 2.17. The second-order valence-corrected chi connectivity index (χ2v) is 5.96. The molecule has 2 aromatic rings. The third kappa shape index (κ3) is 4.42. The van der Waals surface area contributed by atoms with Crippen LogP contribution >= 0.6 is 15.9 Å². The lowest BCUT2D eigenvalue weighted by molar-refractivity contribution is 0.392. The Labute approximate surface area is 133 Å². The molecular weight excluding hydrogens is 333 g/mol. The molecule has 0 amide bonds. The van der Waals surface area contributed by atoms with Crippen molar-refractivity contribution in [3.8, 4) is 0 Å². The maximum Gasteiger partial charge on any atom is 0.124 e. The van der Waals surface area contributed by atoms with E-state index in [1.807, 2.05) is 18.2 Å². The summed E-state index contributed by atoms with van der Waals surface area (Å²) in [5.74, 6) is 1.71. The number of nitrogens with one attached hydrogen (secondary N) is 1. The van der Waals surface area contributed by atoms with Crippen LogP contribution in [-0.2, 0) is 12.8 Å². The van der Waals surface area contributed by atoms with Gasteiger partial charge in [-0.15, -0.1) is 0 Å². The third-order valence-corrected chi connectivity index (χ3v) is 4.19. The number of rotatable bonds is 7. The molecule has 0 saturated heterocycles. The van der Waals surface area contributed by atoms with E-state index in [9.17, 15) is 4.39 Å². The Balaban J connectivity index is 2.19. The van der Waals surface area contributed by atoms with E-state index in [1.165, 1.54) is 12.1 Å². The molecule has 1 heterocycles. The summed E-state index contributed by atoms with van der Waals surface area (Å²) in [5, 5.41) is 3.51. The Morgan fingerprint density at radius 2 is 2.05 bits per heavy atom. The largest absolute Gasteiger partial charge is 0.464 e. The zero-order valence-corrected chi connectivity index (χ0v) is 14.0. The molecule has 2 rings (SSSR count). The average molecular weight is 354 g/mol. The summed E-state index contributed by atoms with van der Waals surface area (Å²) in [6, 6.07) is 8.98. The van der Waals surface area contributed by atoms with Crippen LogP contribution in [0.2, 0.25) is 0 Å². The number of benzene rings is 1. The van der Waals surface area contributed by atoms with Crippen molar-refractivity contribution < 1.29 is 8.81 Å². The molecule has 1 unspecified atom stereocenters. The van der Waals surface area contributed by atoms with Gasteiger partial charge in [-0.3, -0.25) is 0 Å². The first kappa shape index (κ1) is 16.2. The zero-order chi connectivity index (χ0) is 15.2. The van der Waals surface area contributed by atoms with E-state index in [-0.39, 0.29) is 11.9 Å². The molecule has 1 N–H and O–H groups in total. The molecule has 1 aromatic heterocycles. The minimum absolute atomic E-state index is 0.104. The molecule has 1 aromatic carbocycles. The molecule has 0 radical (unpaired) electrons. The minimum Gasteiger partial charge on any atom is -0.464 e. The third-order valence-electron chi connectivity index (χ3n) is 3.45. The topological polar surface area (TPSA) is 25.2 Å². The molecule has 4 heteroatoms. The fourth-order valence-electron chi connectivity index (χ4n) is 2.27. The van der Waals surface area contributed by atoms with Gasteiger partial charge in [-0.05, 0) is 49.2 Å². The van der Waals surface area contributed by atoms with E-state index in [0.717, 1.165) is 47.4 Å². The number of hydrogen-bond donors (Lipinski definition) is 1. The normalized spacial score (nSPS) is 12.6. The van der Waals surface area contributed by atoms with E-state index in [4.69, 9.17) is 4.42 Å². The van der Waals surface area contributed by atoms with Gasteiger partial charge >= 0.3 is 0 Å². The molecule has 0 aliphatic rings. The van der Waals surface area contributed by atoms with Crippen LogP contribution in [0.3, 0.4) is 0 Å². The highest BCUT2D eigenvalue weighted by atomic mass is 79.9. The Kier molecular flexibility index (Phi) is 6.00. The maximum atomic E-state index is 13.2. The Morgan fingerprint density at radius 3 is 2.67 bits per heavy atom. The minimum atomic E-state index is -0.227. The van der Waals surface area contributed by atoms with Crippen LogP contribution in [-0.4, -0.2) is 6.54 Å². The summed E-state index contributed by atoms with van der Waals surface area (Å²) in [6.45, 7) is 5.14. The first-order chi connectivity index (χ1) is 10.1. The van der Waals surface area contributed by atoms with Crippen LogP contribution < -0.4 is 5.32 Å². The van der Waals surface area contributed by atoms with Crippen molar-refractivity contribution in [3.63, 3.8) is 0 Å². The van der Waals surface area contributed by atoms with Crippen molar-refractivity contribution in [3.05, 3.63) is 57.7 Å². The van der Waals surface area contributed by atoms with Crippen molar-refractivity contribution in [2.24, 2.45) is 0 Å². The second kappa shape index (κ2) is 7.76. The molecule has 21 heavy (non-hydrogen) atoms. The van der Waals surface area contributed by atoms with Gasteiger partial charge in [-0.25, -0.2) is 4.39 Å². The van der Waals surface area contributed by atoms with Crippen molar-refractivity contribution in [1.29, 1.82) is 0 Å². The lowest BCUT2D eigenvalue weighted by Gasteiger charge is -2.17. The van der Waals surface area contributed by atoms with Crippen LogP contribution in [0, 0.1) is 5.82 Å². The van der Waals surface area contributed by atoms with Gasteiger partial charge in [-0.2, -0.15) is 0 Å². The van der Waals surface area contributed by atoms with Gasteiger partial charge in [0.25, 0.3) is 0 Å². The molecule has 0 saturated carbocycles. The highest BCUT2D eigenvalue weighted by Crippen LogP contribution is 2.26. The average Bonchev–Trinajstić information content (AvgIpc) is 2.94. The summed E-state index contributed by atoms with van der Waals surface area (Å²) < 4.78 is 19.9. The second-order valence-electron chi connectivity index (χ2n) is 5.10. The summed E-state index contributed by atoms with van der Waals surface area (Å²) in [7, 11) is 0. The Bertz CT molecular complexity index is 582. The number of furan rings is 1. The van der Waals surface area contributed by atoms with E-state index in [1.54, 1.807) is 0 Å². The summed E-state index contributed by atoms with van der Waals surface area (Å²) in [4.78, 5) is 0. The fraction of sp³-hybridized carbons (Fsp3) is 0.412. The van der Waals surface area contributed by atoms with Gasteiger partial charge in [0.1, 0.15) is 17.3 Å². The van der Waals surface area contributed by atoms with Crippen molar-refractivity contribution in [1.82, 2.24) is 5.32 Å². The molecule has 0 aliphatic carbocycles. The molecule has 1 atom stereocenters. The fourth-order valence-corrected chi connectivity index (χ4v) is 2.78. The first-order valence-corrected chi connectivity index (χ1v) is 8.19. The van der Waals surface area contributed by atoms with Gasteiger partial charge in [0.2, 0.25) is 0 Å². The molecule has 0 spiro atoms. The van der Waals surface area contributed by atoms with E-state index >= 15 is 0 Å². The van der Waals surface area contributed by atoms with Gasteiger partial charge in [0.15, 0.2) is 0 Å². The van der Waals surface area contributed by atoms with Gasteiger partial charge in [0, 0.05) is 10.9 Å². The lowest BCUT2D eigenvalue weighted by atomic mass is 10.0. The maximum absolute atomic E-state index is 13.2. The molecule has 2 nitrogen and oxygen atoms in total. The van der Waals surface area contributed by atoms with Crippen molar-refractivity contribution in [2.45, 2.75) is 39.2 Å². The predicted octanol–water partition coefficient (Wildman–Crippen LogP) is 5.03. The van der Waals surface area contributed by atoms with E-state index in [0.29, 0.717) is 0 Å². The van der Waals surface area contributed by atoms with Crippen LogP contribution in [0.15, 0.2) is 39.2 Å². The predicted molar refractivity (Wildman–Crippen MR) is 86.9 cm³/mol. The van der Waals surface area contributed by atoms with Crippen LogP contribution in [0.4, 0.5) is 4.39 Å². The molecule has 0 bridgehead atoms. The van der Waals surface area contributed by atoms with E-state index < -0.39 is 0 Å². The highest BCUT2D eigenvalue weighted by molar-refractivity contribution is 9.10. The molecule has 0 aliphatic heterocycles. The lowest BCUT2D eigenvalue weighted by Crippen LogP contribution is -2.23. The standard InChI is InChI=1S/C17H21BrFNO/c1-3-9-20-16(17-8-7-14(4-2)21-17)10-12-5-6-13(19)11-15(12)18/h5-8,11,16,20H,3-4,9-10H2,1-2H3. The van der Waals surface area contributed by atoms with E-state index in [2.05, 4.69) is 35.1 Å².